The second-order valence-corrected chi connectivity index (χ2v) is 6.84. The molecule has 0 amide bonds. The highest BCUT2D eigenvalue weighted by Crippen LogP contribution is 2.19. The van der Waals surface area contributed by atoms with Crippen LogP contribution in [0.3, 0.4) is 0 Å². The van der Waals surface area contributed by atoms with Gasteiger partial charge in [0.1, 0.15) is 5.82 Å². The molecule has 1 fully saturated rings. The molecule has 2 heterocycles. The molecule has 0 saturated carbocycles. The Balaban J connectivity index is 1.82. The van der Waals surface area contributed by atoms with Crippen molar-refractivity contribution in [1.29, 1.82) is 0 Å². The minimum Gasteiger partial charge on any atom is -0.384 e. The Hall–Kier alpha value is -1.70. The summed E-state index contributed by atoms with van der Waals surface area (Å²) in [5, 5.41) is 0.740. The molecule has 112 valence electrons. The summed E-state index contributed by atoms with van der Waals surface area (Å²) >= 11 is 0. The summed E-state index contributed by atoms with van der Waals surface area (Å²) in [6.45, 7) is 1.01. The molecule has 0 bridgehead atoms. The fourth-order valence-corrected chi connectivity index (χ4v) is 3.48. The van der Waals surface area contributed by atoms with Crippen LogP contribution in [0, 0.1) is 0 Å². The monoisotopic (exact) mass is 307 g/mol. The minimum atomic E-state index is -3.54. The molecule has 3 rings (SSSR count). The molecule has 2 aromatic rings. The zero-order chi connectivity index (χ0) is 14.9. The summed E-state index contributed by atoms with van der Waals surface area (Å²) in [4.78, 5) is 4.37. The molecule has 1 aromatic heterocycles. The summed E-state index contributed by atoms with van der Waals surface area (Å²) < 4.78 is 32.6. The van der Waals surface area contributed by atoms with E-state index in [0.717, 1.165) is 18.2 Å². The number of fused-ring (bicyclic) bond motifs is 1. The summed E-state index contributed by atoms with van der Waals surface area (Å²) in [5.41, 5.74) is 6.28. The number of ether oxygens (including phenoxy) is 1. The van der Waals surface area contributed by atoms with Gasteiger partial charge in [0.15, 0.2) is 0 Å². The zero-order valence-corrected chi connectivity index (χ0v) is 12.3. The standard InChI is InChI=1S/C14H17N3O3S/c15-14-6-3-10-8-12(4-5-13(10)17-14)21(18,19)16-9-11-2-1-7-20-11/h3-6,8,11,16H,1-2,7,9H2,(H2,15,17). The van der Waals surface area contributed by atoms with Crippen molar-refractivity contribution in [3.8, 4) is 0 Å². The van der Waals surface area contributed by atoms with Gasteiger partial charge in [-0.05, 0) is 43.2 Å². The van der Waals surface area contributed by atoms with Crippen molar-refractivity contribution in [2.45, 2.75) is 23.8 Å². The molecule has 0 radical (unpaired) electrons. The number of aromatic nitrogens is 1. The van der Waals surface area contributed by atoms with Gasteiger partial charge in [0.05, 0.1) is 16.5 Å². The van der Waals surface area contributed by atoms with Crippen LogP contribution in [0.25, 0.3) is 10.9 Å². The van der Waals surface area contributed by atoms with Gasteiger partial charge in [-0.25, -0.2) is 18.1 Å². The number of hydrogen-bond donors (Lipinski definition) is 2. The van der Waals surface area contributed by atoms with E-state index in [1.807, 2.05) is 0 Å². The summed E-state index contributed by atoms with van der Waals surface area (Å²) in [6, 6.07) is 8.20. The number of anilines is 1. The summed E-state index contributed by atoms with van der Waals surface area (Å²) in [5.74, 6) is 0.412. The largest absolute Gasteiger partial charge is 0.384 e. The van der Waals surface area contributed by atoms with Crippen LogP contribution in [0.4, 0.5) is 5.82 Å². The molecule has 7 heteroatoms. The first-order chi connectivity index (χ1) is 10.0. The van der Waals surface area contributed by atoms with Crippen LogP contribution < -0.4 is 10.5 Å². The van der Waals surface area contributed by atoms with Crippen LogP contribution in [-0.4, -0.2) is 32.7 Å². The van der Waals surface area contributed by atoms with E-state index in [9.17, 15) is 8.42 Å². The highest BCUT2D eigenvalue weighted by molar-refractivity contribution is 7.89. The van der Waals surface area contributed by atoms with Gasteiger partial charge in [-0.1, -0.05) is 0 Å². The molecule has 1 aliphatic heterocycles. The van der Waals surface area contributed by atoms with E-state index in [0.29, 0.717) is 24.5 Å². The number of nitrogens with one attached hydrogen (secondary N) is 1. The van der Waals surface area contributed by atoms with Crippen LogP contribution in [0.5, 0.6) is 0 Å². The Kier molecular flexibility index (Phi) is 3.79. The first-order valence-corrected chi connectivity index (χ1v) is 8.30. The maximum atomic E-state index is 12.3. The number of sulfonamides is 1. The number of pyridine rings is 1. The number of benzene rings is 1. The van der Waals surface area contributed by atoms with E-state index >= 15 is 0 Å². The second kappa shape index (κ2) is 5.59. The topological polar surface area (TPSA) is 94.3 Å². The molecular formula is C14H17N3O3S. The molecule has 1 aromatic carbocycles. The molecule has 6 nitrogen and oxygen atoms in total. The highest BCUT2D eigenvalue weighted by atomic mass is 32.2. The van der Waals surface area contributed by atoms with Crippen LogP contribution >= 0.6 is 0 Å². The van der Waals surface area contributed by atoms with Crippen molar-refractivity contribution in [2.75, 3.05) is 18.9 Å². The van der Waals surface area contributed by atoms with E-state index in [1.165, 1.54) is 6.07 Å². The first-order valence-electron chi connectivity index (χ1n) is 6.82. The fourth-order valence-electron chi connectivity index (χ4n) is 2.38. The first kappa shape index (κ1) is 14.2. The lowest BCUT2D eigenvalue weighted by molar-refractivity contribution is 0.114. The number of nitrogen functional groups attached to an aromatic ring is 1. The Labute approximate surface area is 123 Å². The van der Waals surface area contributed by atoms with Crippen molar-refractivity contribution < 1.29 is 13.2 Å². The van der Waals surface area contributed by atoms with Gasteiger partial charge < -0.3 is 10.5 Å². The molecule has 21 heavy (non-hydrogen) atoms. The van der Waals surface area contributed by atoms with Gasteiger partial charge in [0, 0.05) is 18.5 Å². The predicted octanol–water partition coefficient (Wildman–Crippen LogP) is 1.27. The Morgan fingerprint density at radius 3 is 2.95 bits per heavy atom. The Morgan fingerprint density at radius 1 is 1.33 bits per heavy atom. The normalized spacial score (nSPS) is 19.1. The van der Waals surface area contributed by atoms with Crippen molar-refractivity contribution in [3.05, 3.63) is 30.3 Å². The van der Waals surface area contributed by atoms with Gasteiger partial charge >= 0.3 is 0 Å². The zero-order valence-electron chi connectivity index (χ0n) is 11.5. The Bertz CT molecular complexity index is 755. The number of nitrogens with two attached hydrogens (primary N) is 1. The molecule has 1 atom stereocenters. The van der Waals surface area contributed by atoms with Crippen molar-refractivity contribution >= 4 is 26.7 Å². The van der Waals surface area contributed by atoms with Crippen molar-refractivity contribution in [1.82, 2.24) is 9.71 Å². The molecule has 0 aliphatic carbocycles. The third-order valence-corrected chi connectivity index (χ3v) is 4.94. The van der Waals surface area contributed by atoms with Gasteiger partial charge in [0.2, 0.25) is 10.0 Å². The smallest absolute Gasteiger partial charge is 0.240 e. The lowest BCUT2D eigenvalue weighted by atomic mass is 10.2. The third kappa shape index (κ3) is 3.15. The molecular weight excluding hydrogens is 290 g/mol. The second-order valence-electron chi connectivity index (χ2n) is 5.08. The van der Waals surface area contributed by atoms with E-state index < -0.39 is 10.0 Å². The van der Waals surface area contributed by atoms with Gasteiger partial charge in [-0.3, -0.25) is 0 Å². The van der Waals surface area contributed by atoms with Crippen LogP contribution in [0.15, 0.2) is 35.2 Å². The quantitative estimate of drug-likeness (QED) is 0.887. The van der Waals surface area contributed by atoms with Crippen molar-refractivity contribution in [2.24, 2.45) is 0 Å². The summed E-state index contributed by atoms with van der Waals surface area (Å²) in [6.07, 6.45) is 1.85. The highest BCUT2D eigenvalue weighted by Gasteiger charge is 2.20. The van der Waals surface area contributed by atoms with Gasteiger partial charge in [-0.2, -0.15) is 0 Å². The number of hydrogen-bond acceptors (Lipinski definition) is 5. The van der Waals surface area contributed by atoms with E-state index in [4.69, 9.17) is 10.5 Å². The van der Waals surface area contributed by atoms with Crippen LogP contribution in [0.2, 0.25) is 0 Å². The van der Waals surface area contributed by atoms with Crippen molar-refractivity contribution in [3.63, 3.8) is 0 Å². The van der Waals surface area contributed by atoms with Gasteiger partial charge in [0.25, 0.3) is 0 Å². The van der Waals surface area contributed by atoms with Gasteiger partial charge in [-0.15, -0.1) is 0 Å². The Morgan fingerprint density at radius 2 is 2.19 bits per heavy atom. The van der Waals surface area contributed by atoms with E-state index in [-0.39, 0.29) is 11.0 Å². The van der Waals surface area contributed by atoms with Crippen LogP contribution in [-0.2, 0) is 14.8 Å². The maximum Gasteiger partial charge on any atom is 0.240 e. The fraction of sp³-hybridized carbons (Fsp3) is 0.357. The third-order valence-electron chi connectivity index (χ3n) is 3.52. The molecule has 1 aliphatic rings. The lowest BCUT2D eigenvalue weighted by Crippen LogP contribution is -2.31. The SMILES string of the molecule is Nc1ccc2cc(S(=O)(=O)NCC3CCCO3)ccc2n1. The number of rotatable bonds is 4. The van der Waals surface area contributed by atoms with Crippen LogP contribution in [0.1, 0.15) is 12.8 Å². The average molecular weight is 307 g/mol. The minimum absolute atomic E-state index is 0.0262. The maximum absolute atomic E-state index is 12.3. The average Bonchev–Trinajstić information content (AvgIpc) is 2.98. The molecule has 1 unspecified atom stereocenters. The molecule has 0 spiro atoms. The van der Waals surface area contributed by atoms with E-state index in [1.54, 1.807) is 24.3 Å². The van der Waals surface area contributed by atoms with E-state index in [2.05, 4.69) is 9.71 Å². The number of nitrogens with zero attached hydrogens (tertiary/aromatic N) is 1. The lowest BCUT2D eigenvalue weighted by Gasteiger charge is -2.11. The molecule has 3 N–H and O–H groups in total. The molecule has 1 saturated heterocycles. The summed E-state index contributed by atoms with van der Waals surface area (Å²) in [7, 11) is -3.54. The predicted molar refractivity (Wildman–Crippen MR) is 80.3 cm³/mol.